The number of Topliss-reactive ketones (excluding diaryl/α,β-unsaturated/α-hetero) is 1. The average molecular weight is 361 g/mol. The Bertz CT molecular complexity index is 830. The molecule has 8 heteroatoms. The predicted octanol–water partition coefficient (Wildman–Crippen LogP) is 1.91. The van der Waals surface area contributed by atoms with Gasteiger partial charge in [0.15, 0.2) is 5.78 Å². The van der Waals surface area contributed by atoms with Crippen molar-refractivity contribution in [1.29, 1.82) is 0 Å². The molecule has 1 aliphatic rings. The molecule has 0 aliphatic carbocycles. The van der Waals surface area contributed by atoms with Gasteiger partial charge in [-0.25, -0.2) is 8.42 Å². The Morgan fingerprint density at radius 1 is 1.16 bits per heavy atom. The third-order valence-electron chi connectivity index (χ3n) is 4.13. The SMILES string of the molecule is CC(=O)c1ccc(S(=O)(=O)N2CCC(Oc3cccnn3)CC2)cc1. The van der Waals surface area contributed by atoms with Gasteiger partial charge in [0, 0.05) is 30.9 Å². The van der Waals surface area contributed by atoms with Gasteiger partial charge in [-0.05, 0) is 38.0 Å². The lowest BCUT2D eigenvalue weighted by molar-refractivity contribution is 0.101. The highest BCUT2D eigenvalue weighted by Gasteiger charge is 2.30. The van der Waals surface area contributed by atoms with Crippen molar-refractivity contribution in [2.45, 2.75) is 30.8 Å². The summed E-state index contributed by atoms with van der Waals surface area (Å²) in [4.78, 5) is 11.5. The van der Waals surface area contributed by atoms with Crippen LogP contribution in [0.5, 0.6) is 5.88 Å². The van der Waals surface area contributed by atoms with Crippen LogP contribution < -0.4 is 4.74 Å². The number of ether oxygens (including phenoxy) is 1. The fourth-order valence-corrected chi connectivity index (χ4v) is 4.19. The molecule has 1 aliphatic heterocycles. The highest BCUT2D eigenvalue weighted by molar-refractivity contribution is 7.89. The lowest BCUT2D eigenvalue weighted by Gasteiger charge is -2.31. The maximum absolute atomic E-state index is 12.7. The first-order valence-electron chi connectivity index (χ1n) is 8.02. The molecule has 0 bridgehead atoms. The molecule has 25 heavy (non-hydrogen) atoms. The Balaban J connectivity index is 1.64. The molecule has 1 aromatic carbocycles. The Morgan fingerprint density at radius 2 is 1.84 bits per heavy atom. The molecular formula is C17H19N3O4S. The molecule has 3 rings (SSSR count). The van der Waals surface area contributed by atoms with Gasteiger partial charge in [0.2, 0.25) is 15.9 Å². The third kappa shape index (κ3) is 4.02. The van der Waals surface area contributed by atoms with Crippen LogP contribution in [-0.2, 0) is 10.0 Å². The van der Waals surface area contributed by atoms with Crippen molar-refractivity contribution in [2.24, 2.45) is 0 Å². The molecule has 132 valence electrons. The number of carbonyl (C=O) groups is 1. The molecule has 1 fully saturated rings. The van der Waals surface area contributed by atoms with E-state index in [2.05, 4.69) is 10.2 Å². The van der Waals surface area contributed by atoms with E-state index < -0.39 is 10.0 Å². The minimum absolute atomic E-state index is 0.0803. The van der Waals surface area contributed by atoms with Gasteiger partial charge in [0.05, 0.1) is 4.90 Å². The number of benzene rings is 1. The molecule has 0 unspecified atom stereocenters. The van der Waals surface area contributed by atoms with Crippen LogP contribution in [0.3, 0.4) is 0 Å². The Hall–Kier alpha value is -2.32. The molecule has 1 aromatic heterocycles. The van der Waals surface area contributed by atoms with E-state index in [1.807, 2.05) is 0 Å². The molecule has 7 nitrogen and oxygen atoms in total. The van der Waals surface area contributed by atoms with Gasteiger partial charge in [-0.1, -0.05) is 12.1 Å². The molecule has 0 spiro atoms. The Morgan fingerprint density at radius 3 is 2.40 bits per heavy atom. The van der Waals surface area contributed by atoms with Crippen LogP contribution in [0, 0.1) is 0 Å². The molecule has 0 saturated carbocycles. The Labute approximate surface area is 146 Å². The number of ketones is 1. The van der Waals surface area contributed by atoms with E-state index in [0.29, 0.717) is 37.4 Å². The molecule has 0 radical (unpaired) electrons. The van der Waals surface area contributed by atoms with Crippen LogP contribution in [0.25, 0.3) is 0 Å². The van der Waals surface area contributed by atoms with Crippen molar-refractivity contribution < 1.29 is 17.9 Å². The first-order valence-corrected chi connectivity index (χ1v) is 9.46. The van der Waals surface area contributed by atoms with Crippen LogP contribution in [-0.4, -0.2) is 47.9 Å². The van der Waals surface area contributed by atoms with Crippen molar-refractivity contribution in [3.05, 3.63) is 48.2 Å². The highest BCUT2D eigenvalue weighted by Crippen LogP contribution is 2.23. The lowest BCUT2D eigenvalue weighted by Crippen LogP contribution is -2.41. The first-order chi connectivity index (χ1) is 12.0. The summed E-state index contributed by atoms with van der Waals surface area (Å²) in [6.45, 7) is 2.20. The second kappa shape index (κ2) is 7.28. The maximum Gasteiger partial charge on any atom is 0.243 e. The average Bonchev–Trinajstić information content (AvgIpc) is 2.63. The van der Waals surface area contributed by atoms with Crippen molar-refractivity contribution in [3.63, 3.8) is 0 Å². The van der Waals surface area contributed by atoms with Crippen molar-refractivity contribution in [2.75, 3.05) is 13.1 Å². The van der Waals surface area contributed by atoms with Crippen LogP contribution in [0.15, 0.2) is 47.5 Å². The second-order valence-corrected chi connectivity index (χ2v) is 7.80. The largest absolute Gasteiger partial charge is 0.473 e. The number of hydrogen-bond donors (Lipinski definition) is 0. The molecular weight excluding hydrogens is 342 g/mol. The second-order valence-electron chi connectivity index (χ2n) is 5.86. The Kier molecular flexibility index (Phi) is 5.10. The van der Waals surface area contributed by atoms with Gasteiger partial charge < -0.3 is 4.74 Å². The summed E-state index contributed by atoms with van der Waals surface area (Å²) < 4.78 is 32.6. The summed E-state index contributed by atoms with van der Waals surface area (Å²) in [6, 6.07) is 9.51. The van der Waals surface area contributed by atoms with Gasteiger partial charge in [-0.2, -0.15) is 9.40 Å². The quantitative estimate of drug-likeness (QED) is 0.756. The zero-order valence-corrected chi connectivity index (χ0v) is 14.6. The third-order valence-corrected chi connectivity index (χ3v) is 6.05. The number of hydrogen-bond acceptors (Lipinski definition) is 6. The van der Waals surface area contributed by atoms with Crippen LogP contribution in [0.2, 0.25) is 0 Å². The first kappa shape index (κ1) is 17.5. The smallest absolute Gasteiger partial charge is 0.243 e. The van der Waals surface area contributed by atoms with E-state index in [0.717, 1.165) is 0 Å². The van der Waals surface area contributed by atoms with Crippen molar-refractivity contribution in [1.82, 2.24) is 14.5 Å². The number of sulfonamides is 1. The van der Waals surface area contributed by atoms with Crippen LogP contribution in [0.4, 0.5) is 0 Å². The zero-order valence-electron chi connectivity index (χ0n) is 13.8. The fraction of sp³-hybridized carbons (Fsp3) is 0.353. The minimum Gasteiger partial charge on any atom is -0.473 e. The minimum atomic E-state index is -3.56. The van der Waals surface area contributed by atoms with Crippen LogP contribution >= 0.6 is 0 Å². The van der Waals surface area contributed by atoms with Gasteiger partial charge in [-0.3, -0.25) is 4.79 Å². The standard InChI is InChI=1S/C17H19N3O4S/c1-13(21)14-4-6-16(7-5-14)25(22,23)20-11-8-15(9-12-20)24-17-3-2-10-18-19-17/h2-7,10,15H,8-9,11-12H2,1H3. The van der Waals surface area contributed by atoms with E-state index in [1.54, 1.807) is 30.5 Å². The van der Waals surface area contributed by atoms with E-state index in [9.17, 15) is 13.2 Å². The molecule has 2 aromatic rings. The molecule has 0 N–H and O–H groups in total. The summed E-state index contributed by atoms with van der Waals surface area (Å²) in [7, 11) is -3.56. The maximum atomic E-state index is 12.7. The number of nitrogens with zero attached hydrogens (tertiary/aromatic N) is 3. The summed E-state index contributed by atoms with van der Waals surface area (Å²) in [5.41, 5.74) is 0.495. The number of aromatic nitrogens is 2. The molecule has 0 atom stereocenters. The van der Waals surface area contributed by atoms with Gasteiger partial charge >= 0.3 is 0 Å². The van der Waals surface area contributed by atoms with E-state index in [4.69, 9.17) is 4.74 Å². The zero-order chi connectivity index (χ0) is 17.9. The van der Waals surface area contributed by atoms with E-state index in [-0.39, 0.29) is 16.8 Å². The summed E-state index contributed by atoms with van der Waals surface area (Å²) in [5, 5.41) is 7.64. The highest BCUT2D eigenvalue weighted by atomic mass is 32.2. The number of rotatable bonds is 5. The number of piperidine rings is 1. The van der Waals surface area contributed by atoms with Crippen molar-refractivity contribution in [3.8, 4) is 5.88 Å². The van der Waals surface area contributed by atoms with Crippen molar-refractivity contribution >= 4 is 15.8 Å². The lowest BCUT2D eigenvalue weighted by atomic mass is 10.1. The van der Waals surface area contributed by atoms with E-state index in [1.165, 1.54) is 23.4 Å². The summed E-state index contributed by atoms with van der Waals surface area (Å²) >= 11 is 0. The van der Waals surface area contributed by atoms with Gasteiger partial charge in [0.25, 0.3) is 0 Å². The summed E-state index contributed by atoms with van der Waals surface area (Å²) in [6.07, 6.45) is 2.66. The summed E-state index contributed by atoms with van der Waals surface area (Å²) in [5.74, 6) is 0.356. The van der Waals surface area contributed by atoms with Gasteiger partial charge in [0.1, 0.15) is 6.10 Å². The number of carbonyl (C=O) groups excluding carboxylic acids is 1. The predicted molar refractivity (Wildman–Crippen MR) is 90.9 cm³/mol. The van der Waals surface area contributed by atoms with Crippen LogP contribution in [0.1, 0.15) is 30.1 Å². The molecule has 2 heterocycles. The van der Waals surface area contributed by atoms with E-state index >= 15 is 0 Å². The van der Waals surface area contributed by atoms with Gasteiger partial charge in [-0.15, -0.1) is 5.10 Å². The molecule has 1 saturated heterocycles. The molecule has 0 amide bonds. The fourth-order valence-electron chi connectivity index (χ4n) is 2.72. The monoisotopic (exact) mass is 361 g/mol. The topological polar surface area (TPSA) is 89.5 Å². The normalized spacial score (nSPS) is 16.5.